The quantitative estimate of drug-likeness (QED) is 0.563. The van der Waals surface area contributed by atoms with Gasteiger partial charge in [-0.3, -0.25) is 9.36 Å². The molecule has 0 unspecified atom stereocenters. The molecule has 0 bridgehead atoms. The van der Waals surface area contributed by atoms with Gasteiger partial charge in [-0.25, -0.2) is 0 Å². The minimum Gasteiger partial charge on any atom is -0.360 e. The summed E-state index contributed by atoms with van der Waals surface area (Å²) in [6, 6.07) is 9.79. The average molecular weight is 400 g/mol. The van der Waals surface area contributed by atoms with Crippen molar-refractivity contribution in [3.05, 3.63) is 47.5 Å². The van der Waals surface area contributed by atoms with Gasteiger partial charge in [0.05, 0.1) is 10.9 Å². The smallest absolute Gasteiger partial charge is 0.239 e. The Labute approximate surface area is 168 Å². The van der Waals surface area contributed by atoms with E-state index in [9.17, 15) is 4.79 Å². The molecule has 7 nitrogen and oxygen atoms in total. The van der Waals surface area contributed by atoms with E-state index in [1.807, 2.05) is 29.7 Å². The molecule has 0 aliphatic heterocycles. The molecule has 0 fully saturated rings. The largest absolute Gasteiger partial charge is 0.360 e. The van der Waals surface area contributed by atoms with Crippen molar-refractivity contribution >= 4 is 23.5 Å². The van der Waals surface area contributed by atoms with E-state index < -0.39 is 0 Å². The molecule has 0 aliphatic carbocycles. The summed E-state index contributed by atoms with van der Waals surface area (Å²) >= 11 is 1.43. The fourth-order valence-electron chi connectivity index (χ4n) is 2.90. The number of carbonyl (C=O) groups excluding carboxylic acids is 1. The summed E-state index contributed by atoms with van der Waals surface area (Å²) in [6.07, 6.45) is 2.70. The van der Waals surface area contributed by atoms with Gasteiger partial charge in [-0.05, 0) is 38.8 Å². The minimum absolute atomic E-state index is 0.108. The maximum atomic E-state index is 12.9. The summed E-state index contributed by atoms with van der Waals surface area (Å²) in [6.45, 7) is 7.88. The maximum Gasteiger partial charge on any atom is 0.239 e. The van der Waals surface area contributed by atoms with Crippen molar-refractivity contribution in [1.29, 1.82) is 0 Å². The van der Waals surface area contributed by atoms with Crippen LogP contribution >= 0.6 is 11.8 Å². The highest BCUT2D eigenvalue weighted by Crippen LogP contribution is 2.30. The highest BCUT2D eigenvalue weighted by atomic mass is 32.2. The summed E-state index contributed by atoms with van der Waals surface area (Å²) in [7, 11) is 0. The van der Waals surface area contributed by atoms with E-state index in [-0.39, 0.29) is 11.2 Å². The zero-order valence-electron chi connectivity index (χ0n) is 16.6. The molecular weight excluding hydrogens is 374 g/mol. The third kappa shape index (κ3) is 4.62. The van der Waals surface area contributed by atoms with Crippen molar-refractivity contribution in [2.24, 2.45) is 0 Å². The number of nitrogens with zero attached hydrogens (tertiary/aromatic N) is 4. The van der Waals surface area contributed by atoms with E-state index in [0.717, 1.165) is 36.3 Å². The molecule has 3 rings (SSSR count). The first-order valence-corrected chi connectivity index (χ1v) is 10.3. The third-order valence-electron chi connectivity index (χ3n) is 4.39. The number of benzene rings is 1. The second kappa shape index (κ2) is 9.05. The molecule has 1 atom stereocenters. The van der Waals surface area contributed by atoms with Crippen LogP contribution in [0.25, 0.3) is 5.69 Å². The molecule has 1 aromatic carbocycles. The number of amides is 1. The number of carbonyl (C=O) groups is 1. The zero-order chi connectivity index (χ0) is 20.1. The van der Waals surface area contributed by atoms with Crippen LogP contribution in [0.2, 0.25) is 0 Å². The van der Waals surface area contributed by atoms with Crippen LogP contribution in [0.4, 0.5) is 5.82 Å². The number of unbranched alkanes of at least 4 members (excludes halogenated alkanes) is 1. The van der Waals surface area contributed by atoms with Crippen molar-refractivity contribution in [3.8, 4) is 5.69 Å². The molecule has 0 spiro atoms. The van der Waals surface area contributed by atoms with Crippen LogP contribution in [0.1, 0.15) is 43.3 Å². The summed E-state index contributed by atoms with van der Waals surface area (Å²) < 4.78 is 7.05. The van der Waals surface area contributed by atoms with Crippen molar-refractivity contribution in [2.75, 3.05) is 5.32 Å². The molecule has 1 amide bonds. The van der Waals surface area contributed by atoms with Crippen LogP contribution in [-0.4, -0.2) is 31.1 Å². The fourth-order valence-corrected chi connectivity index (χ4v) is 4.03. The molecule has 0 radical (unpaired) electrons. The first-order valence-electron chi connectivity index (χ1n) is 9.38. The standard InChI is InChI=1S/C20H25N5O2S/c1-5-6-11-17(19(26)21-18-12-14(3)27-24-18)28-20-23-22-15(4)25(20)16-10-8-7-9-13(16)2/h7-10,12,17H,5-6,11H2,1-4H3,(H,21,24,26)/t17-/m1/s1. The van der Waals surface area contributed by atoms with Crippen molar-refractivity contribution in [3.63, 3.8) is 0 Å². The molecule has 2 aromatic heterocycles. The topological polar surface area (TPSA) is 85.8 Å². The number of para-hydroxylation sites is 1. The second-order valence-electron chi connectivity index (χ2n) is 6.71. The highest BCUT2D eigenvalue weighted by Gasteiger charge is 2.24. The van der Waals surface area contributed by atoms with E-state index in [1.54, 1.807) is 13.0 Å². The SMILES string of the molecule is CCCC[C@@H](Sc1nnc(C)n1-c1ccccc1C)C(=O)Nc1cc(C)on1. The van der Waals surface area contributed by atoms with Crippen molar-refractivity contribution in [1.82, 2.24) is 19.9 Å². The van der Waals surface area contributed by atoms with Gasteiger partial charge < -0.3 is 9.84 Å². The molecule has 0 saturated heterocycles. The van der Waals surface area contributed by atoms with Gasteiger partial charge in [-0.15, -0.1) is 10.2 Å². The predicted octanol–water partition coefficient (Wildman–Crippen LogP) is 4.47. The zero-order valence-corrected chi connectivity index (χ0v) is 17.4. The van der Waals surface area contributed by atoms with Crippen LogP contribution in [0, 0.1) is 20.8 Å². The average Bonchev–Trinajstić information content (AvgIpc) is 3.24. The van der Waals surface area contributed by atoms with Crippen molar-refractivity contribution in [2.45, 2.75) is 57.4 Å². The van der Waals surface area contributed by atoms with Crippen LogP contribution in [0.15, 0.2) is 40.0 Å². The molecule has 148 valence electrons. The summed E-state index contributed by atoms with van der Waals surface area (Å²) in [5.41, 5.74) is 2.15. The number of rotatable bonds is 8. The van der Waals surface area contributed by atoms with Gasteiger partial charge in [0.25, 0.3) is 0 Å². The molecule has 2 heterocycles. The Morgan fingerprint density at radius 2 is 2.04 bits per heavy atom. The van der Waals surface area contributed by atoms with Gasteiger partial charge in [0.1, 0.15) is 11.6 Å². The first kappa shape index (κ1) is 20.1. The van der Waals surface area contributed by atoms with Crippen molar-refractivity contribution < 1.29 is 9.32 Å². The molecular formula is C20H25N5O2S. The van der Waals surface area contributed by atoms with E-state index in [0.29, 0.717) is 16.7 Å². The number of aryl methyl sites for hydroxylation is 3. The number of aromatic nitrogens is 4. The van der Waals surface area contributed by atoms with Crippen LogP contribution in [0.5, 0.6) is 0 Å². The summed E-state index contributed by atoms with van der Waals surface area (Å²) in [4.78, 5) is 12.9. The Morgan fingerprint density at radius 1 is 1.25 bits per heavy atom. The van der Waals surface area contributed by atoms with Gasteiger partial charge in [0.15, 0.2) is 11.0 Å². The number of hydrogen-bond donors (Lipinski definition) is 1. The number of nitrogens with one attached hydrogen (secondary N) is 1. The minimum atomic E-state index is -0.302. The van der Waals surface area contributed by atoms with Crippen LogP contribution < -0.4 is 5.32 Å². The summed E-state index contributed by atoms with van der Waals surface area (Å²) in [5, 5.41) is 15.7. The van der Waals surface area contributed by atoms with E-state index >= 15 is 0 Å². The molecule has 28 heavy (non-hydrogen) atoms. The lowest BCUT2D eigenvalue weighted by molar-refractivity contribution is -0.115. The van der Waals surface area contributed by atoms with Gasteiger partial charge in [0, 0.05) is 6.07 Å². The Kier molecular flexibility index (Phi) is 6.51. The molecule has 1 N–H and O–H groups in total. The molecule has 8 heteroatoms. The number of thioether (sulfide) groups is 1. The Bertz CT molecular complexity index is 950. The van der Waals surface area contributed by atoms with Gasteiger partial charge >= 0.3 is 0 Å². The summed E-state index contributed by atoms with van der Waals surface area (Å²) in [5.74, 6) is 1.77. The highest BCUT2D eigenvalue weighted by molar-refractivity contribution is 8.00. The Hall–Kier alpha value is -2.61. The molecule has 0 aliphatic rings. The number of hydrogen-bond acceptors (Lipinski definition) is 6. The fraction of sp³-hybridized carbons (Fsp3) is 0.400. The Balaban J connectivity index is 1.85. The maximum absolute atomic E-state index is 12.9. The lowest BCUT2D eigenvalue weighted by Crippen LogP contribution is -2.26. The monoisotopic (exact) mass is 399 g/mol. The first-order chi connectivity index (χ1) is 13.5. The lowest BCUT2D eigenvalue weighted by Gasteiger charge is -2.16. The Morgan fingerprint density at radius 3 is 2.71 bits per heavy atom. The second-order valence-corrected chi connectivity index (χ2v) is 7.88. The van der Waals surface area contributed by atoms with Gasteiger partial charge in [0.2, 0.25) is 5.91 Å². The van der Waals surface area contributed by atoms with E-state index in [1.165, 1.54) is 11.8 Å². The normalized spacial score (nSPS) is 12.1. The molecule has 3 aromatic rings. The third-order valence-corrected chi connectivity index (χ3v) is 5.60. The van der Waals surface area contributed by atoms with Crippen LogP contribution in [-0.2, 0) is 4.79 Å². The van der Waals surface area contributed by atoms with Crippen LogP contribution in [0.3, 0.4) is 0 Å². The number of anilines is 1. The van der Waals surface area contributed by atoms with E-state index in [4.69, 9.17) is 4.52 Å². The lowest BCUT2D eigenvalue weighted by atomic mass is 10.2. The van der Waals surface area contributed by atoms with E-state index in [2.05, 4.69) is 40.6 Å². The predicted molar refractivity (Wildman–Crippen MR) is 110 cm³/mol. The van der Waals surface area contributed by atoms with Gasteiger partial charge in [-0.2, -0.15) is 0 Å². The molecule has 0 saturated carbocycles. The van der Waals surface area contributed by atoms with Gasteiger partial charge in [-0.1, -0.05) is 54.9 Å².